The number of fused-ring (bicyclic) bond motifs is 1. The molecule has 3 rings (SSSR count). The molecule has 1 aromatic carbocycles. The van der Waals surface area contributed by atoms with Crippen LogP contribution in [-0.2, 0) is 0 Å². The summed E-state index contributed by atoms with van der Waals surface area (Å²) in [6.07, 6.45) is 4.33. The fourth-order valence-electron chi connectivity index (χ4n) is 1.87. The highest BCUT2D eigenvalue weighted by molar-refractivity contribution is 5.82. The van der Waals surface area contributed by atoms with Gasteiger partial charge in [0, 0.05) is 34.8 Å². The van der Waals surface area contributed by atoms with Crippen molar-refractivity contribution in [1.82, 2.24) is 19.7 Å². The molecule has 3 aromatic rings. The molecule has 10 nitrogen and oxygen atoms in total. The molecule has 0 atom stereocenters. The number of hydrogen-bond acceptors (Lipinski definition) is 6. The predicted octanol–water partition coefficient (Wildman–Crippen LogP) is 2.67. The Hall–Kier alpha value is -3.52. The maximum absolute atomic E-state index is 10.9. The van der Waals surface area contributed by atoms with Gasteiger partial charge in [-0.25, -0.2) is 14.6 Å². The number of hydrogen-bond donors (Lipinski definition) is 0. The molecule has 2 heterocycles. The zero-order valence-electron chi connectivity index (χ0n) is 10.4. The quantitative estimate of drug-likeness (QED) is 0.239. The third-order valence-electron chi connectivity index (χ3n) is 2.77. The van der Waals surface area contributed by atoms with Crippen molar-refractivity contribution in [2.45, 2.75) is 0 Å². The molecule has 0 aliphatic heterocycles. The molecular weight excluding hydrogens is 276 g/mol. The lowest BCUT2D eigenvalue weighted by atomic mass is 10.2. The minimum Gasteiger partial charge on any atom is -0.258 e. The number of non-ortho nitro benzene ring substituents is 1. The van der Waals surface area contributed by atoms with E-state index in [1.54, 1.807) is 6.07 Å². The van der Waals surface area contributed by atoms with Crippen LogP contribution in [0.5, 0.6) is 0 Å². The lowest BCUT2D eigenvalue weighted by molar-refractivity contribution is -0.384. The minimum absolute atomic E-state index is 0.0384. The van der Waals surface area contributed by atoms with Gasteiger partial charge >= 0.3 is 0 Å². The molecule has 0 unspecified atom stereocenters. The molecule has 10 heteroatoms. The molecule has 0 saturated carbocycles. The van der Waals surface area contributed by atoms with Crippen LogP contribution >= 0.6 is 0 Å². The molecule has 0 bridgehead atoms. The van der Waals surface area contributed by atoms with E-state index in [2.05, 4.69) is 25.1 Å². The summed E-state index contributed by atoms with van der Waals surface area (Å²) in [5, 5.41) is 19.1. The molecule has 21 heavy (non-hydrogen) atoms. The summed E-state index contributed by atoms with van der Waals surface area (Å²) in [4.78, 5) is 21.0. The monoisotopic (exact) mass is 282 g/mol. The minimum atomic E-state index is -0.498. The predicted molar refractivity (Wildman–Crippen MR) is 72.1 cm³/mol. The average molecular weight is 282 g/mol. The van der Waals surface area contributed by atoms with Crippen LogP contribution in [0.4, 0.5) is 11.5 Å². The molecule has 102 valence electrons. The van der Waals surface area contributed by atoms with Crippen LogP contribution in [-0.4, -0.2) is 24.7 Å². The number of rotatable bonds is 3. The Bertz CT molecular complexity index is 896. The van der Waals surface area contributed by atoms with E-state index in [0.29, 0.717) is 10.9 Å². The SMILES string of the molecule is [N-]=[N+]=Nc1nccnc1-n1ncc2ccc([N+](=O)[O-])cc21. The van der Waals surface area contributed by atoms with E-state index >= 15 is 0 Å². The van der Waals surface area contributed by atoms with Crippen molar-refractivity contribution in [3.05, 3.63) is 57.3 Å². The van der Waals surface area contributed by atoms with Gasteiger partial charge in [0.2, 0.25) is 0 Å². The number of azide groups is 1. The van der Waals surface area contributed by atoms with Gasteiger partial charge in [-0.05, 0) is 16.7 Å². The van der Waals surface area contributed by atoms with E-state index in [1.165, 1.54) is 35.4 Å². The van der Waals surface area contributed by atoms with Gasteiger partial charge in [0.25, 0.3) is 5.69 Å². The Morgan fingerprint density at radius 1 is 1.33 bits per heavy atom. The zero-order valence-corrected chi connectivity index (χ0v) is 10.4. The first-order valence-corrected chi connectivity index (χ1v) is 5.69. The van der Waals surface area contributed by atoms with Crippen LogP contribution < -0.4 is 0 Å². The topological polar surface area (TPSA) is 136 Å². The highest BCUT2D eigenvalue weighted by Crippen LogP contribution is 2.25. The molecule has 0 fully saturated rings. The van der Waals surface area contributed by atoms with E-state index in [4.69, 9.17) is 5.53 Å². The number of benzene rings is 1. The molecule has 0 aliphatic rings. The Balaban J connectivity index is 2.28. The van der Waals surface area contributed by atoms with Gasteiger partial charge in [0.1, 0.15) is 0 Å². The van der Waals surface area contributed by atoms with Crippen molar-refractivity contribution >= 4 is 22.4 Å². The Kier molecular flexibility index (Phi) is 2.90. The highest BCUT2D eigenvalue weighted by Gasteiger charge is 2.14. The summed E-state index contributed by atoms with van der Waals surface area (Å²) in [5.74, 6) is 0.238. The largest absolute Gasteiger partial charge is 0.271 e. The van der Waals surface area contributed by atoms with Crippen LogP contribution in [0.15, 0.2) is 41.9 Å². The summed E-state index contributed by atoms with van der Waals surface area (Å²) < 4.78 is 1.35. The molecule has 0 saturated heterocycles. The summed E-state index contributed by atoms with van der Waals surface area (Å²) in [6.45, 7) is 0. The third kappa shape index (κ3) is 2.11. The number of aromatic nitrogens is 4. The summed E-state index contributed by atoms with van der Waals surface area (Å²) in [5.41, 5.74) is 8.94. The van der Waals surface area contributed by atoms with Crippen LogP contribution in [0.1, 0.15) is 0 Å². The van der Waals surface area contributed by atoms with E-state index in [1.807, 2.05) is 0 Å². The van der Waals surface area contributed by atoms with Gasteiger partial charge in [-0.2, -0.15) is 5.10 Å². The van der Waals surface area contributed by atoms with Gasteiger partial charge in [0.15, 0.2) is 11.6 Å². The molecular formula is C11H6N8O2. The molecule has 0 N–H and O–H groups in total. The molecule has 0 spiro atoms. The van der Waals surface area contributed by atoms with Gasteiger partial charge in [0.05, 0.1) is 16.6 Å². The first-order chi connectivity index (χ1) is 10.2. The van der Waals surface area contributed by atoms with Gasteiger partial charge in [-0.3, -0.25) is 10.1 Å². The molecule has 0 aliphatic carbocycles. The maximum atomic E-state index is 10.9. The number of nitro groups is 1. The summed E-state index contributed by atoms with van der Waals surface area (Å²) in [6, 6.07) is 4.34. The van der Waals surface area contributed by atoms with Crippen molar-refractivity contribution in [1.29, 1.82) is 0 Å². The Labute approximate surface area is 116 Å². The normalized spacial score (nSPS) is 10.3. The second-order valence-corrected chi connectivity index (χ2v) is 3.95. The lowest BCUT2D eigenvalue weighted by Crippen LogP contribution is -2.00. The lowest BCUT2D eigenvalue weighted by Gasteiger charge is -2.04. The fourth-order valence-corrected chi connectivity index (χ4v) is 1.87. The van der Waals surface area contributed by atoms with Crippen molar-refractivity contribution in [3.8, 4) is 5.82 Å². The van der Waals surface area contributed by atoms with E-state index in [0.717, 1.165) is 0 Å². The van der Waals surface area contributed by atoms with Crippen LogP contribution in [0.3, 0.4) is 0 Å². The maximum Gasteiger partial charge on any atom is 0.271 e. The van der Waals surface area contributed by atoms with Gasteiger partial charge in [-0.15, -0.1) is 0 Å². The summed E-state index contributed by atoms with van der Waals surface area (Å²) >= 11 is 0. The van der Waals surface area contributed by atoms with Crippen molar-refractivity contribution in [2.75, 3.05) is 0 Å². The van der Waals surface area contributed by atoms with E-state index < -0.39 is 4.92 Å². The average Bonchev–Trinajstić information content (AvgIpc) is 2.91. The van der Waals surface area contributed by atoms with Crippen LogP contribution in [0.2, 0.25) is 0 Å². The molecule has 2 aromatic heterocycles. The van der Waals surface area contributed by atoms with Crippen LogP contribution in [0, 0.1) is 10.1 Å². The van der Waals surface area contributed by atoms with Crippen molar-refractivity contribution in [2.24, 2.45) is 5.11 Å². The Morgan fingerprint density at radius 3 is 2.90 bits per heavy atom. The first-order valence-electron chi connectivity index (χ1n) is 5.69. The van der Waals surface area contributed by atoms with E-state index in [9.17, 15) is 10.1 Å². The standard InChI is InChI=1S/C11H6N8O2/c12-17-16-10-11(14-4-3-13-10)18-9-5-8(19(20)21)2-1-7(9)6-15-18/h1-6H. The second-order valence-electron chi connectivity index (χ2n) is 3.95. The molecule has 0 amide bonds. The number of nitrogens with zero attached hydrogens (tertiary/aromatic N) is 8. The third-order valence-corrected chi connectivity index (χ3v) is 2.77. The smallest absolute Gasteiger partial charge is 0.258 e. The van der Waals surface area contributed by atoms with E-state index in [-0.39, 0.29) is 17.3 Å². The van der Waals surface area contributed by atoms with Crippen molar-refractivity contribution in [3.63, 3.8) is 0 Å². The van der Waals surface area contributed by atoms with Gasteiger partial charge in [-0.1, -0.05) is 0 Å². The number of nitro benzene ring substituents is 1. The van der Waals surface area contributed by atoms with Crippen LogP contribution in [0.25, 0.3) is 27.2 Å². The van der Waals surface area contributed by atoms with Gasteiger partial charge < -0.3 is 0 Å². The first kappa shape index (κ1) is 12.5. The zero-order chi connectivity index (χ0) is 14.8. The Morgan fingerprint density at radius 2 is 2.14 bits per heavy atom. The molecule has 0 radical (unpaired) electrons. The second kappa shape index (κ2) is 4.87. The van der Waals surface area contributed by atoms with Crippen molar-refractivity contribution < 1.29 is 4.92 Å². The summed E-state index contributed by atoms with van der Waals surface area (Å²) in [7, 11) is 0. The fraction of sp³-hybridized carbons (Fsp3) is 0. The highest BCUT2D eigenvalue weighted by atomic mass is 16.6.